The third kappa shape index (κ3) is 7.08. The van der Waals surface area contributed by atoms with Crippen molar-refractivity contribution in [3.63, 3.8) is 0 Å². The predicted molar refractivity (Wildman–Crippen MR) is 106 cm³/mol. The molecular formula is C18H20ClN3O5S. The molecule has 0 saturated carbocycles. The van der Waals surface area contributed by atoms with Gasteiger partial charge in [-0.3, -0.25) is 4.79 Å². The molecule has 0 fully saturated rings. The molecule has 1 heterocycles. The van der Waals surface area contributed by atoms with E-state index in [9.17, 15) is 14.7 Å². The molecule has 1 aromatic heterocycles. The Morgan fingerprint density at radius 1 is 1.21 bits per heavy atom. The molecule has 8 nitrogen and oxygen atoms in total. The van der Waals surface area contributed by atoms with Crippen LogP contribution in [0.4, 0.5) is 5.69 Å². The summed E-state index contributed by atoms with van der Waals surface area (Å²) in [4.78, 5) is 31.9. The minimum atomic E-state index is -1.19. The Bertz CT molecular complexity index is 804. The second-order valence-corrected chi connectivity index (χ2v) is 7.05. The smallest absolute Gasteiger partial charge is 0.337 e. The number of nitrogens with one attached hydrogen (secondary N) is 1. The topological polar surface area (TPSA) is 111 Å². The van der Waals surface area contributed by atoms with Crippen molar-refractivity contribution in [3.05, 3.63) is 46.9 Å². The van der Waals surface area contributed by atoms with Crippen LogP contribution in [0.25, 0.3) is 0 Å². The summed E-state index contributed by atoms with van der Waals surface area (Å²) >= 11 is 7.31. The van der Waals surface area contributed by atoms with E-state index < -0.39 is 11.9 Å². The fraction of sp³-hybridized carbons (Fsp3) is 0.333. The van der Waals surface area contributed by atoms with Crippen molar-refractivity contribution >= 4 is 40.9 Å². The Morgan fingerprint density at radius 3 is 2.71 bits per heavy atom. The molecule has 0 bridgehead atoms. The maximum atomic E-state index is 12.3. The molecular weight excluding hydrogens is 406 g/mol. The highest BCUT2D eigenvalue weighted by Gasteiger charge is 2.15. The van der Waals surface area contributed by atoms with Crippen molar-refractivity contribution < 1.29 is 24.2 Å². The molecule has 0 aliphatic carbocycles. The lowest BCUT2D eigenvalue weighted by Gasteiger charge is -2.08. The Labute approximate surface area is 171 Å². The fourth-order valence-corrected chi connectivity index (χ4v) is 2.98. The van der Waals surface area contributed by atoms with Gasteiger partial charge in [0.1, 0.15) is 10.7 Å². The molecule has 0 aliphatic heterocycles. The van der Waals surface area contributed by atoms with Crippen molar-refractivity contribution in [2.45, 2.75) is 11.4 Å². The van der Waals surface area contributed by atoms with Crippen LogP contribution in [0.5, 0.6) is 0 Å². The van der Waals surface area contributed by atoms with E-state index in [0.717, 1.165) is 12.2 Å². The van der Waals surface area contributed by atoms with Gasteiger partial charge >= 0.3 is 5.97 Å². The van der Waals surface area contributed by atoms with Crippen LogP contribution in [-0.4, -0.2) is 59.6 Å². The van der Waals surface area contributed by atoms with Gasteiger partial charge in [-0.2, -0.15) is 0 Å². The standard InChI is InChI=1S/C18H20ClN3O5S/c1-26-6-7-27-5-2-8-28-16-11-20-15(10-21-16)17(23)22-14-4-3-12(19)9-13(14)18(24)25/h3-4,9-11H,2,5-8H2,1H3,(H,22,23)(H,24,25). The third-order valence-electron chi connectivity index (χ3n) is 3.44. The molecule has 2 rings (SSSR count). The van der Waals surface area contributed by atoms with Crippen molar-refractivity contribution in [2.24, 2.45) is 0 Å². The summed E-state index contributed by atoms with van der Waals surface area (Å²) in [5.41, 5.74) is 0.114. The second kappa shape index (κ2) is 11.6. The SMILES string of the molecule is COCCOCCCSc1cnc(C(=O)Nc2ccc(Cl)cc2C(=O)O)cn1. The molecule has 0 saturated heterocycles. The number of aromatic nitrogens is 2. The number of ether oxygens (including phenoxy) is 2. The van der Waals surface area contributed by atoms with Crippen LogP contribution in [0.3, 0.4) is 0 Å². The van der Waals surface area contributed by atoms with Crippen LogP contribution < -0.4 is 5.32 Å². The number of methoxy groups -OCH3 is 1. The number of nitrogens with zero attached hydrogens (tertiary/aromatic N) is 2. The maximum absolute atomic E-state index is 12.3. The highest BCUT2D eigenvalue weighted by atomic mass is 35.5. The highest BCUT2D eigenvalue weighted by Crippen LogP contribution is 2.21. The predicted octanol–water partition coefficient (Wildman–Crippen LogP) is 3.23. The zero-order chi connectivity index (χ0) is 20.4. The first-order valence-electron chi connectivity index (χ1n) is 8.37. The van der Waals surface area contributed by atoms with Gasteiger partial charge < -0.3 is 19.9 Å². The monoisotopic (exact) mass is 425 g/mol. The summed E-state index contributed by atoms with van der Waals surface area (Å²) in [6, 6.07) is 4.19. The van der Waals surface area contributed by atoms with E-state index in [1.54, 1.807) is 7.11 Å². The van der Waals surface area contributed by atoms with Gasteiger partial charge in [0.05, 0.1) is 36.9 Å². The van der Waals surface area contributed by atoms with E-state index in [2.05, 4.69) is 15.3 Å². The third-order valence-corrected chi connectivity index (χ3v) is 4.67. The van der Waals surface area contributed by atoms with E-state index in [1.807, 2.05) is 0 Å². The minimum absolute atomic E-state index is 0.0820. The molecule has 28 heavy (non-hydrogen) atoms. The number of anilines is 1. The summed E-state index contributed by atoms with van der Waals surface area (Å²) in [5, 5.41) is 12.7. The minimum Gasteiger partial charge on any atom is -0.478 e. The number of hydrogen-bond acceptors (Lipinski definition) is 7. The number of benzene rings is 1. The lowest BCUT2D eigenvalue weighted by molar-refractivity contribution is 0.0698. The van der Waals surface area contributed by atoms with Crippen molar-refractivity contribution in [3.8, 4) is 0 Å². The van der Waals surface area contributed by atoms with Gasteiger partial charge in [-0.1, -0.05) is 11.6 Å². The number of amides is 1. The zero-order valence-electron chi connectivity index (χ0n) is 15.2. The molecule has 0 unspecified atom stereocenters. The molecule has 10 heteroatoms. The number of carbonyl (C=O) groups excluding carboxylic acids is 1. The van der Waals surface area contributed by atoms with Crippen LogP contribution >= 0.6 is 23.4 Å². The normalized spacial score (nSPS) is 10.6. The molecule has 2 N–H and O–H groups in total. The average Bonchev–Trinajstić information content (AvgIpc) is 2.69. The first kappa shape index (κ1) is 22.1. The van der Waals surface area contributed by atoms with Gasteiger partial charge in [-0.15, -0.1) is 11.8 Å². The van der Waals surface area contributed by atoms with E-state index in [4.69, 9.17) is 21.1 Å². The molecule has 1 aromatic carbocycles. The molecule has 150 valence electrons. The van der Waals surface area contributed by atoms with E-state index in [0.29, 0.717) is 24.8 Å². The summed E-state index contributed by atoms with van der Waals surface area (Å²) in [6.07, 6.45) is 3.71. The van der Waals surface area contributed by atoms with E-state index in [1.165, 1.54) is 42.4 Å². The molecule has 0 radical (unpaired) electrons. The summed E-state index contributed by atoms with van der Waals surface area (Å²) < 4.78 is 10.3. The number of carboxylic acid groups (broad SMARTS) is 1. The summed E-state index contributed by atoms with van der Waals surface area (Å²) in [5.74, 6) is -0.942. The Hall–Kier alpha value is -2.20. The highest BCUT2D eigenvalue weighted by molar-refractivity contribution is 7.99. The first-order chi connectivity index (χ1) is 13.5. The number of hydrogen-bond donors (Lipinski definition) is 2. The molecule has 0 atom stereocenters. The summed E-state index contributed by atoms with van der Waals surface area (Å²) in [7, 11) is 1.63. The number of carbonyl (C=O) groups is 2. The zero-order valence-corrected chi connectivity index (χ0v) is 16.8. The van der Waals surface area contributed by atoms with Gasteiger partial charge in [0.15, 0.2) is 0 Å². The molecule has 0 spiro atoms. The average molecular weight is 426 g/mol. The van der Waals surface area contributed by atoms with Gasteiger partial charge in [0.25, 0.3) is 5.91 Å². The fourth-order valence-electron chi connectivity index (χ4n) is 2.08. The summed E-state index contributed by atoms with van der Waals surface area (Å²) in [6.45, 7) is 1.78. The van der Waals surface area contributed by atoms with Crippen molar-refractivity contribution in [1.29, 1.82) is 0 Å². The van der Waals surface area contributed by atoms with Gasteiger partial charge in [-0.25, -0.2) is 14.8 Å². The van der Waals surface area contributed by atoms with Crippen molar-refractivity contribution in [1.82, 2.24) is 9.97 Å². The van der Waals surface area contributed by atoms with Crippen LogP contribution in [0.1, 0.15) is 27.3 Å². The lowest BCUT2D eigenvalue weighted by Crippen LogP contribution is -2.16. The Kier molecular flexibility index (Phi) is 9.15. The van der Waals surface area contributed by atoms with Crippen LogP contribution in [-0.2, 0) is 9.47 Å². The maximum Gasteiger partial charge on any atom is 0.337 e. The molecule has 2 aromatic rings. The number of rotatable bonds is 11. The molecule has 0 aliphatic rings. The van der Waals surface area contributed by atoms with Gasteiger partial charge in [0.2, 0.25) is 0 Å². The largest absolute Gasteiger partial charge is 0.478 e. The van der Waals surface area contributed by atoms with Crippen LogP contribution in [0.2, 0.25) is 5.02 Å². The molecule has 1 amide bonds. The Morgan fingerprint density at radius 2 is 2.04 bits per heavy atom. The number of halogens is 1. The van der Waals surface area contributed by atoms with Crippen molar-refractivity contribution in [2.75, 3.05) is 38.0 Å². The quantitative estimate of drug-likeness (QED) is 0.417. The number of carboxylic acids is 1. The van der Waals surface area contributed by atoms with E-state index in [-0.39, 0.29) is 22.0 Å². The van der Waals surface area contributed by atoms with Crippen LogP contribution in [0, 0.1) is 0 Å². The van der Waals surface area contributed by atoms with Gasteiger partial charge in [-0.05, 0) is 24.6 Å². The van der Waals surface area contributed by atoms with Crippen LogP contribution in [0.15, 0.2) is 35.6 Å². The van der Waals surface area contributed by atoms with E-state index >= 15 is 0 Å². The Balaban J connectivity index is 1.86. The lowest BCUT2D eigenvalue weighted by atomic mass is 10.1. The number of thioether (sulfide) groups is 1. The number of aromatic carboxylic acids is 1. The van der Waals surface area contributed by atoms with Gasteiger partial charge in [0, 0.05) is 24.5 Å². The first-order valence-corrected chi connectivity index (χ1v) is 9.73. The second-order valence-electron chi connectivity index (χ2n) is 5.50.